The van der Waals surface area contributed by atoms with Crippen molar-refractivity contribution in [2.24, 2.45) is 0 Å². The van der Waals surface area contributed by atoms with Crippen LogP contribution in [0.15, 0.2) is 47.4 Å². The first-order valence-electron chi connectivity index (χ1n) is 8.61. The van der Waals surface area contributed by atoms with Crippen LogP contribution in [0.1, 0.15) is 11.1 Å². The first kappa shape index (κ1) is 19.3. The lowest BCUT2D eigenvalue weighted by Crippen LogP contribution is -3.13. The number of nitrogens with zero attached hydrogens (tertiary/aromatic N) is 2. The van der Waals surface area contributed by atoms with Gasteiger partial charge in [0.15, 0.2) is 0 Å². The molecule has 0 aromatic heterocycles. The van der Waals surface area contributed by atoms with Gasteiger partial charge in [-0.3, -0.25) is 0 Å². The molecule has 0 radical (unpaired) electrons. The van der Waals surface area contributed by atoms with Crippen molar-refractivity contribution >= 4 is 10.0 Å². The SMILES string of the molecule is COc1ccc(F)cc1C[NH+]1CCN(S(=O)(=O)c2ccccc2C#N)CC1. The molecule has 0 aliphatic carbocycles. The van der Waals surface area contributed by atoms with Crippen molar-refractivity contribution in [1.82, 2.24) is 4.31 Å². The maximum absolute atomic E-state index is 13.5. The van der Waals surface area contributed by atoms with E-state index in [0.29, 0.717) is 38.5 Å². The smallest absolute Gasteiger partial charge is 0.244 e. The summed E-state index contributed by atoms with van der Waals surface area (Å²) < 4.78 is 46.0. The molecule has 27 heavy (non-hydrogen) atoms. The summed E-state index contributed by atoms with van der Waals surface area (Å²) in [5, 5.41) is 9.18. The fourth-order valence-electron chi connectivity index (χ4n) is 3.30. The summed E-state index contributed by atoms with van der Waals surface area (Å²) in [6, 6.07) is 12.6. The first-order chi connectivity index (χ1) is 13.0. The molecule has 1 heterocycles. The zero-order valence-electron chi connectivity index (χ0n) is 15.0. The van der Waals surface area contributed by atoms with Gasteiger partial charge in [0.2, 0.25) is 10.0 Å². The molecule has 0 saturated carbocycles. The lowest BCUT2D eigenvalue weighted by atomic mass is 10.1. The van der Waals surface area contributed by atoms with Gasteiger partial charge in [-0.1, -0.05) is 12.1 Å². The van der Waals surface area contributed by atoms with Crippen LogP contribution >= 0.6 is 0 Å². The average molecular weight is 390 g/mol. The minimum Gasteiger partial charge on any atom is -0.496 e. The van der Waals surface area contributed by atoms with Gasteiger partial charge in [-0.25, -0.2) is 12.8 Å². The van der Waals surface area contributed by atoms with Crippen molar-refractivity contribution in [3.63, 3.8) is 0 Å². The Morgan fingerprint density at radius 1 is 1.22 bits per heavy atom. The molecule has 2 aromatic rings. The number of sulfonamides is 1. The van der Waals surface area contributed by atoms with Crippen LogP contribution in [0.5, 0.6) is 5.75 Å². The number of nitrogens with one attached hydrogen (secondary N) is 1. The van der Waals surface area contributed by atoms with Crippen LogP contribution in [0.3, 0.4) is 0 Å². The van der Waals surface area contributed by atoms with Gasteiger partial charge in [0.05, 0.1) is 49.3 Å². The highest BCUT2D eigenvalue weighted by Gasteiger charge is 2.32. The van der Waals surface area contributed by atoms with E-state index in [0.717, 1.165) is 10.5 Å². The van der Waals surface area contributed by atoms with Crippen molar-refractivity contribution < 1.29 is 22.4 Å². The second kappa shape index (κ2) is 8.05. The van der Waals surface area contributed by atoms with E-state index in [9.17, 15) is 18.1 Å². The summed E-state index contributed by atoms with van der Waals surface area (Å²) in [7, 11) is -2.16. The van der Waals surface area contributed by atoms with Crippen LogP contribution in [-0.2, 0) is 16.6 Å². The highest BCUT2D eigenvalue weighted by atomic mass is 32.2. The fourth-order valence-corrected chi connectivity index (χ4v) is 4.88. The van der Waals surface area contributed by atoms with Crippen molar-refractivity contribution in [3.8, 4) is 11.8 Å². The van der Waals surface area contributed by atoms with E-state index in [2.05, 4.69) is 0 Å². The van der Waals surface area contributed by atoms with E-state index in [1.165, 1.54) is 28.6 Å². The number of halogens is 1. The second-order valence-corrected chi connectivity index (χ2v) is 8.30. The normalized spacial score (nSPS) is 16.0. The van der Waals surface area contributed by atoms with Gasteiger partial charge >= 0.3 is 0 Å². The Hall–Kier alpha value is -2.47. The average Bonchev–Trinajstić information content (AvgIpc) is 2.68. The van der Waals surface area contributed by atoms with E-state index in [4.69, 9.17) is 4.74 Å². The summed E-state index contributed by atoms with van der Waals surface area (Å²) in [5.41, 5.74) is 0.912. The van der Waals surface area contributed by atoms with Gasteiger partial charge in [-0.15, -0.1) is 0 Å². The molecule has 2 aromatic carbocycles. The van der Waals surface area contributed by atoms with E-state index in [1.54, 1.807) is 25.3 Å². The van der Waals surface area contributed by atoms with E-state index in [1.807, 2.05) is 6.07 Å². The van der Waals surface area contributed by atoms with Gasteiger partial charge in [0.1, 0.15) is 24.2 Å². The Kier molecular flexibility index (Phi) is 5.75. The first-order valence-corrected chi connectivity index (χ1v) is 10.0. The number of quaternary nitrogens is 1. The Labute approximate surface area is 158 Å². The molecule has 1 aliphatic rings. The molecule has 8 heteroatoms. The zero-order chi connectivity index (χ0) is 19.4. The van der Waals surface area contributed by atoms with Gasteiger partial charge in [0.25, 0.3) is 0 Å². The number of ether oxygens (including phenoxy) is 1. The molecule has 1 N–H and O–H groups in total. The number of nitriles is 1. The molecule has 3 rings (SSSR count). The van der Waals surface area contributed by atoms with Crippen molar-refractivity contribution in [2.45, 2.75) is 11.4 Å². The molecule has 0 amide bonds. The lowest BCUT2D eigenvalue weighted by molar-refractivity contribution is -0.917. The molecule has 142 valence electrons. The molecule has 0 atom stereocenters. The third kappa shape index (κ3) is 4.11. The Balaban J connectivity index is 1.71. The van der Waals surface area contributed by atoms with Crippen LogP contribution in [0.25, 0.3) is 0 Å². The number of methoxy groups -OCH3 is 1. The fraction of sp³-hybridized carbons (Fsp3) is 0.316. The maximum atomic E-state index is 13.5. The standard InChI is InChI=1S/C19H20FN3O3S/c1-26-18-7-6-17(20)12-16(18)14-22-8-10-23(11-9-22)27(24,25)19-5-3-2-4-15(19)13-21/h2-7,12H,8-11,14H2,1H3/p+1. The zero-order valence-corrected chi connectivity index (χ0v) is 15.8. The van der Waals surface area contributed by atoms with Crippen molar-refractivity contribution in [1.29, 1.82) is 5.26 Å². The number of piperazine rings is 1. The number of hydrogen-bond acceptors (Lipinski definition) is 4. The largest absolute Gasteiger partial charge is 0.496 e. The predicted molar refractivity (Wildman–Crippen MR) is 97.3 cm³/mol. The van der Waals surface area contributed by atoms with E-state index in [-0.39, 0.29) is 16.3 Å². The Bertz CT molecular complexity index is 964. The minimum absolute atomic E-state index is 0.0442. The molecule has 1 aliphatic heterocycles. The molecule has 0 unspecified atom stereocenters. The summed E-state index contributed by atoms with van der Waals surface area (Å²) in [6.07, 6.45) is 0. The molecule has 0 bridgehead atoms. The van der Waals surface area contributed by atoms with E-state index >= 15 is 0 Å². The quantitative estimate of drug-likeness (QED) is 0.819. The molecular formula is C19H21FN3O3S+. The number of rotatable bonds is 5. The molecule has 1 fully saturated rings. The van der Waals surface area contributed by atoms with Gasteiger partial charge < -0.3 is 9.64 Å². The number of benzene rings is 2. The van der Waals surface area contributed by atoms with Crippen LogP contribution in [0, 0.1) is 17.1 Å². The van der Waals surface area contributed by atoms with Crippen molar-refractivity contribution in [3.05, 3.63) is 59.4 Å². The third-order valence-electron chi connectivity index (χ3n) is 4.74. The van der Waals surface area contributed by atoms with Gasteiger partial charge in [0, 0.05) is 0 Å². The van der Waals surface area contributed by atoms with Crippen LogP contribution < -0.4 is 9.64 Å². The second-order valence-electron chi connectivity index (χ2n) is 6.39. The molecule has 6 nitrogen and oxygen atoms in total. The summed E-state index contributed by atoms with van der Waals surface area (Å²) in [5.74, 6) is 0.307. The Morgan fingerprint density at radius 2 is 1.93 bits per heavy atom. The predicted octanol–water partition coefficient (Wildman–Crippen LogP) is 0.795. The number of hydrogen-bond donors (Lipinski definition) is 1. The highest BCUT2D eigenvalue weighted by molar-refractivity contribution is 7.89. The topological polar surface area (TPSA) is 74.8 Å². The molecular weight excluding hydrogens is 369 g/mol. The van der Waals surface area contributed by atoms with E-state index < -0.39 is 10.0 Å². The van der Waals surface area contributed by atoms with Crippen molar-refractivity contribution in [2.75, 3.05) is 33.3 Å². The Morgan fingerprint density at radius 3 is 2.59 bits per heavy atom. The van der Waals surface area contributed by atoms with Crippen LogP contribution in [0.4, 0.5) is 4.39 Å². The van der Waals surface area contributed by atoms with Gasteiger partial charge in [-0.05, 0) is 30.3 Å². The van der Waals surface area contributed by atoms with Crippen LogP contribution in [-0.4, -0.2) is 46.0 Å². The summed E-state index contributed by atoms with van der Waals surface area (Å²) in [6.45, 7) is 2.43. The minimum atomic E-state index is -3.71. The summed E-state index contributed by atoms with van der Waals surface area (Å²) >= 11 is 0. The summed E-state index contributed by atoms with van der Waals surface area (Å²) in [4.78, 5) is 1.20. The third-order valence-corrected chi connectivity index (χ3v) is 6.69. The lowest BCUT2D eigenvalue weighted by Gasteiger charge is -2.32. The monoisotopic (exact) mass is 390 g/mol. The van der Waals surface area contributed by atoms with Gasteiger partial charge in [-0.2, -0.15) is 9.57 Å². The highest BCUT2D eigenvalue weighted by Crippen LogP contribution is 2.20. The molecule has 0 spiro atoms. The van der Waals surface area contributed by atoms with Crippen LogP contribution in [0.2, 0.25) is 0 Å². The molecule has 1 saturated heterocycles. The maximum Gasteiger partial charge on any atom is 0.244 e.